The first kappa shape index (κ1) is 33.2. The van der Waals surface area contributed by atoms with Crippen LogP contribution < -0.4 is 5.73 Å². The number of nitrogens with zero attached hydrogens (tertiary/aromatic N) is 3. The number of nitrogens with two attached hydrogens (primary N) is 1. The van der Waals surface area contributed by atoms with Gasteiger partial charge < -0.3 is 14.9 Å². The van der Waals surface area contributed by atoms with Crippen LogP contribution in [0.3, 0.4) is 0 Å². The summed E-state index contributed by atoms with van der Waals surface area (Å²) in [7, 11) is 0. The van der Waals surface area contributed by atoms with Crippen molar-refractivity contribution in [2.45, 2.75) is 6.04 Å². The summed E-state index contributed by atoms with van der Waals surface area (Å²) in [4.78, 5) is 5.21. The van der Waals surface area contributed by atoms with Gasteiger partial charge in [0.25, 0.3) is 0 Å². The number of hydrogen-bond donors (Lipinski definition) is 1. The normalized spacial score (nSPS) is 12.7. The van der Waals surface area contributed by atoms with Crippen molar-refractivity contribution in [2.75, 3.05) is 0 Å². The van der Waals surface area contributed by atoms with Gasteiger partial charge in [0.1, 0.15) is 0 Å². The number of benzene rings is 8. The van der Waals surface area contributed by atoms with Crippen LogP contribution in [0.5, 0.6) is 0 Å². The van der Waals surface area contributed by atoms with Crippen LogP contribution in [0.4, 0.5) is 0 Å². The average molecular weight is 719 g/mol. The second-order valence-corrected chi connectivity index (χ2v) is 14.2. The highest BCUT2D eigenvalue weighted by molar-refractivity contribution is 6.13. The van der Waals surface area contributed by atoms with E-state index in [0.29, 0.717) is 5.70 Å². The molecular formula is C52H38N4. The lowest BCUT2D eigenvalue weighted by atomic mass is 9.97. The molecule has 10 aromatic rings. The van der Waals surface area contributed by atoms with E-state index in [1.54, 1.807) is 0 Å². The van der Waals surface area contributed by atoms with Crippen LogP contribution in [0.1, 0.15) is 17.2 Å². The van der Waals surface area contributed by atoms with Gasteiger partial charge >= 0.3 is 0 Å². The third-order valence-electron chi connectivity index (χ3n) is 10.9. The van der Waals surface area contributed by atoms with Gasteiger partial charge in [-0.05, 0) is 88.0 Å². The lowest BCUT2D eigenvalue weighted by Gasteiger charge is -2.12. The van der Waals surface area contributed by atoms with Gasteiger partial charge in [0.05, 0.1) is 34.4 Å². The van der Waals surface area contributed by atoms with E-state index >= 15 is 0 Å². The van der Waals surface area contributed by atoms with Crippen LogP contribution in [0.2, 0.25) is 0 Å². The first-order valence-corrected chi connectivity index (χ1v) is 19.0. The SMILES string of the molecule is N/C(=C\C(N=Cn1c2ccccc2c2ccc(-c3cccc(-c4ccc5c(c4)c4ccccc4n5-c4ccccc4)c3)cc21)c1ccccc1)c1ccccc1. The number of hydrogen-bond acceptors (Lipinski definition) is 2. The van der Waals surface area contributed by atoms with E-state index < -0.39 is 0 Å². The van der Waals surface area contributed by atoms with Crippen molar-refractivity contribution in [3.8, 4) is 27.9 Å². The molecule has 8 aromatic carbocycles. The van der Waals surface area contributed by atoms with E-state index in [9.17, 15) is 0 Å². The van der Waals surface area contributed by atoms with E-state index in [2.05, 4.69) is 161 Å². The highest BCUT2D eigenvalue weighted by atomic mass is 15.0. The molecule has 0 bridgehead atoms. The summed E-state index contributed by atoms with van der Waals surface area (Å²) in [6.45, 7) is 0. The Bertz CT molecular complexity index is 3080. The van der Waals surface area contributed by atoms with E-state index in [-0.39, 0.29) is 6.04 Å². The Hall–Kier alpha value is -7.43. The molecule has 0 saturated carbocycles. The van der Waals surface area contributed by atoms with Crippen molar-refractivity contribution in [1.29, 1.82) is 0 Å². The monoisotopic (exact) mass is 718 g/mol. The predicted molar refractivity (Wildman–Crippen MR) is 236 cm³/mol. The molecule has 0 aliphatic heterocycles. The largest absolute Gasteiger partial charge is 0.398 e. The molecule has 1 atom stereocenters. The van der Waals surface area contributed by atoms with Crippen LogP contribution in [-0.4, -0.2) is 15.5 Å². The molecule has 0 aliphatic rings. The Kier molecular flexibility index (Phi) is 8.34. The molecule has 56 heavy (non-hydrogen) atoms. The smallest absolute Gasteiger partial charge is 0.0970 e. The van der Waals surface area contributed by atoms with Crippen molar-refractivity contribution < 1.29 is 0 Å². The Morgan fingerprint density at radius 3 is 1.75 bits per heavy atom. The molecule has 10 rings (SSSR count). The molecule has 1 unspecified atom stereocenters. The fourth-order valence-electron chi connectivity index (χ4n) is 8.10. The molecule has 0 spiro atoms. The van der Waals surface area contributed by atoms with Gasteiger partial charge in [0.2, 0.25) is 0 Å². The first-order chi connectivity index (χ1) is 27.7. The topological polar surface area (TPSA) is 48.2 Å². The summed E-state index contributed by atoms with van der Waals surface area (Å²) in [5, 5.41) is 4.86. The molecule has 0 fully saturated rings. The molecule has 0 saturated heterocycles. The van der Waals surface area contributed by atoms with Crippen LogP contribution >= 0.6 is 0 Å². The minimum absolute atomic E-state index is 0.272. The number of para-hydroxylation sites is 3. The van der Waals surface area contributed by atoms with Gasteiger partial charge in [-0.25, -0.2) is 0 Å². The third kappa shape index (κ3) is 5.94. The zero-order chi connectivity index (χ0) is 37.4. The van der Waals surface area contributed by atoms with Gasteiger partial charge in [0, 0.05) is 32.9 Å². The van der Waals surface area contributed by atoms with Crippen molar-refractivity contribution in [2.24, 2.45) is 10.7 Å². The summed E-state index contributed by atoms with van der Waals surface area (Å²) in [5.41, 5.74) is 19.8. The van der Waals surface area contributed by atoms with Gasteiger partial charge in [0.15, 0.2) is 0 Å². The van der Waals surface area contributed by atoms with Gasteiger partial charge in [-0.15, -0.1) is 0 Å². The van der Waals surface area contributed by atoms with E-state index in [1.165, 1.54) is 43.7 Å². The molecule has 2 N–H and O–H groups in total. The number of fused-ring (bicyclic) bond motifs is 6. The Morgan fingerprint density at radius 2 is 1.00 bits per heavy atom. The van der Waals surface area contributed by atoms with Crippen molar-refractivity contribution in [3.63, 3.8) is 0 Å². The maximum atomic E-state index is 6.66. The lowest BCUT2D eigenvalue weighted by Crippen LogP contribution is -2.03. The van der Waals surface area contributed by atoms with Gasteiger partial charge in [-0.2, -0.15) is 0 Å². The summed E-state index contributed by atoms with van der Waals surface area (Å²) in [6, 6.07) is 70.5. The summed E-state index contributed by atoms with van der Waals surface area (Å²) in [5.74, 6) is 0. The van der Waals surface area contributed by atoms with Crippen LogP contribution in [0.15, 0.2) is 211 Å². The predicted octanol–water partition coefficient (Wildman–Crippen LogP) is 12.8. The first-order valence-electron chi connectivity index (χ1n) is 19.0. The maximum Gasteiger partial charge on any atom is 0.0970 e. The van der Waals surface area contributed by atoms with Crippen molar-refractivity contribution >= 4 is 55.6 Å². The van der Waals surface area contributed by atoms with Crippen molar-refractivity contribution in [3.05, 3.63) is 217 Å². The molecule has 0 radical (unpaired) electrons. The quantitative estimate of drug-likeness (QED) is 0.123. The minimum atomic E-state index is -0.272. The Morgan fingerprint density at radius 1 is 0.446 bits per heavy atom. The maximum absolute atomic E-state index is 6.66. The lowest BCUT2D eigenvalue weighted by molar-refractivity contribution is 0.910. The fourth-order valence-corrected chi connectivity index (χ4v) is 8.10. The third-order valence-corrected chi connectivity index (χ3v) is 10.9. The molecule has 2 aromatic heterocycles. The molecule has 4 nitrogen and oxygen atoms in total. The highest BCUT2D eigenvalue weighted by Gasteiger charge is 2.15. The van der Waals surface area contributed by atoms with Crippen LogP contribution in [-0.2, 0) is 0 Å². The molecule has 0 aliphatic carbocycles. The summed E-state index contributed by atoms with van der Waals surface area (Å²) >= 11 is 0. The molecule has 266 valence electrons. The zero-order valence-electron chi connectivity index (χ0n) is 30.7. The second kappa shape index (κ2) is 14.1. The molecule has 4 heteroatoms. The molecule has 2 heterocycles. The highest BCUT2D eigenvalue weighted by Crippen LogP contribution is 2.37. The standard InChI is InChI=1S/C52H38N4/c53-47(36-15-4-1-5-16-36)34-48(37-17-6-2-7-18-37)54-35-55-49-25-12-10-23-43(49)45-29-27-41(33-52(45)55)39-20-14-19-38(31-39)40-28-30-51-46(32-40)44-24-11-13-26-50(44)56(51)42-21-8-3-9-22-42/h1-35,48H,53H2/b47-34-,54-35?. The minimum Gasteiger partial charge on any atom is -0.398 e. The van der Waals surface area contributed by atoms with Gasteiger partial charge in [-0.1, -0.05) is 152 Å². The Labute approximate surface area is 325 Å². The number of aliphatic imine (C=N–C) groups is 1. The summed E-state index contributed by atoms with van der Waals surface area (Å²) < 4.78 is 4.58. The van der Waals surface area contributed by atoms with E-state index in [0.717, 1.165) is 39.0 Å². The second-order valence-electron chi connectivity index (χ2n) is 14.2. The van der Waals surface area contributed by atoms with Crippen LogP contribution in [0, 0.1) is 0 Å². The summed E-state index contributed by atoms with van der Waals surface area (Å²) in [6.07, 6.45) is 4.02. The number of aromatic nitrogens is 2. The van der Waals surface area contributed by atoms with Gasteiger partial charge in [-0.3, -0.25) is 4.99 Å². The van der Waals surface area contributed by atoms with E-state index in [1.807, 2.05) is 60.9 Å². The molecule has 0 amide bonds. The molecular weight excluding hydrogens is 681 g/mol. The average Bonchev–Trinajstić information content (AvgIpc) is 3.77. The fraction of sp³-hybridized carbons (Fsp3) is 0.0192. The number of rotatable bonds is 8. The Balaban J connectivity index is 1.06. The van der Waals surface area contributed by atoms with E-state index in [4.69, 9.17) is 10.7 Å². The van der Waals surface area contributed by atoms with Crippen LogP contribution in [0.25, 0.3) is 77.2 Å². The zero-order valence-corrected chi connectivity index (χ0v) is 30.7. The van der Waals surface area contributed by atoms with Crippen molar-refractivity contribution in [1.82, 2.24) is 9.13 Å².